The van der Waals surface area contributed by atoms with Crippen LogP contribution >= 0.6 is 0 Å². The number of likely N-dealkylation sites (N-methyl/N-ethyl adjacent to an activating group) is 1. The second-order valence-corrected chi connectivity index (χ2v) is 5.06. The van der Waals surface area contributed by atoms with Gasteiger partial charge in [0.05, 0.1) is 13.7 Å². The maximum Gasteiger partial charge on any atom is 0.327 e. The molecule has 0 aromatic carbocycles. The van der Waals surface area contributed by atoms with Crippen molar-refractivity contribution in [2.24, 2.45) is 0 Å². The number of hydrogen-bond donors (Lipinski definition) is 1. The first kappa shape index (κ1) is 17.4. The van der Waals surface area contributed by atoms with E-state index in [0.717, 1.165) is 6.54 Å². The number of carbonyl (C=O) groups excluding carboxylic acids is 1. The zero-order chi connectivity index (χ0) is 14.2. The van der Waals surface area contributed by atoms with Crippen molar-refractivity contribution in [1.82, 2.24) is 10.2 Å². The summed E-state index contributed by atoms with van der Waals surface area (Å²) in [7, 11) is 3.39. The van der Waals surface area contributed by atoms with Gasteiger partial charge in [-0.3, -0.25) is 10.1 Å². The first-order valence-corrected chi connectivity index (χ1v) is 6.48. The molecule has 0 rings (SSSR count). The predicted octanol–water partition coefficient (Wildman–Crippen LogP) is 0.884. The molecule has 0 aromatic heterocycles. The van der Waals surface area contributed by atoms with Crippen molar-refractivity contribution in [1.29, 1.82) is 0 Å². The molecule has 0 aliphatic heterocycles. The van der Waals surface area contributed by atoms with Gasteiger partial charge in [-0.25, -0.2) is 0 Å². The lowest BCUT2D eigenvalue weighted by Crippen LogP contribution is -2.59. The number of nitrogens with zero attached hydrogens (tertiary/aromatic N) is 1. The Hall–Kier alpha value is -0.650. The fourth-order valence-electron chi connectivity index (χ4n) is 2.02. The second kappa shape index (κ2) is 8.45. The van der Waals surface area contributed by atoms with Gasteiger partial charge in [0.2, 0.25) is 0 Å². The lowest BCUT2D eigenvalue weighted by atomic mass is 10.0. The molecule has 0 radical (unpaired) electrons. The van der Waals surface area contributed by atoms with Crippen LogP contribution in [0.4, 0.5) is 0 Å². The van der Waals surface area contributed by atoms with Crippen molar-refractivity contribution in [3.05, 3.63) is 0 Å². The molecular weight excluding hydrogens is 232 g/mol. The SMILES string of the molecule is CCOCCN(C)CC(C)(NC(C)C)C(=O)OC. The van der Waals surface area contributed by atoms with Crippen LogP contribution in [0.1, 0.15) is 27.7 Å². The third kappa shape index (κ3) is 6.33. The highest BCUT2D eigenvalue weighted by atomic mass is 16.5. The molecule has 0 aliphatic rings. The van der Waals surface area contributed by atoms with Gasteiger partial charge in [0, 0.05) is 25.7 Å². The maximum atomic E-state index is 11.9. The van der Waals surface area contributed by atoms with Gasteiger partial charge in [-0.1, -0.05) is 0 Å². The fourth-order valence-corrected chi connectivity index (χ4v) is 2.02. The Kier molecular flexibility index (Phi) is 8.15. The van der Waals surface area contributed by atoms with Crippen molar-refractivity contribution in [2.45, 2.75) is 39.3 Å². The van der Waals surface area contributed by atoms with E-state index in [1.54, 1.807) is 0 Å². The van der Waals surface area contributed by atoms with Gasteiger partial charge in [0.15, 0.2) is 0 Å². The van der Waals surface area contributed by atoms with Crippen LogP contribution in [0.3, 0.4) is 0 Å². The molecule has 0 amide bonds. The Morgan fingerprint density at radius 3 is 2.50 bits per heavy atom. The Balaban J connectivity index is 4.44. The lowest BCUT2D eigenvalue weighted by Gasteiger charge is -2.33. The maximum absolute atomic E-state index is 11.9. The van der Waals surface area contributed by atoms with Crippen LogP contribution in [-0.2, 0) is 14.3 Å². The predicted molar refractivity (Wildman–Crippen MR) is 72.7 cm³/mol. The molecule has 0 saturated heterocycles. The molecule has 0 bridgehead atoms. The van der Waals surface area contributed by atoms with Crippen molar-refractivity contribution < 1.29 is 14.3 Å². The minimum absolute atomic E-state index is 0.217. The quantitative estimate of drug-likeness (QED) is 0.493. The van der Waals surface area contributed by atoms with Crippen molar-refractivity contribution in [2.75, 3.05) is 40.5 Å². The number of methoxy groups -OCH3 is 1. The first-order valence-electron chi connectivity index (χ1n) is 6.48. The Morgan fingerprint density at radius 1 is 1.44 bits per heavy atom. The number of ether oxygens (including phenoxy) is 2. The van der Waals surface area contributed by atoms with E-state index in [1.165, 1.54) is 7.11 Å². The Labute approximate surface area is 111 Å². The summed E-state index contributed by atoms with van der Waals surface area (Å²) in [5.74, 6) is -0.237. The molecule has 108 valence electrons. The van der Waals surface area contributed by atoms with E-state index in [2.05, 4.69) is 10.2 Å². The molecule has 0 fully saturated rings. The topological polar surface area (TPSA) is 50.8 Å². The summed E-state index contributed by atoms with van der Waals surface area (Å²) >= 11 is 0. The summed E-state index contributed by atoms with van der Waals surface area (Å²) in [5.41, 5.74) is -0.691. The van der Waals surface area contributed by atoms with Crippen molar-refractivity contribution >= 4 is 5.97 Å². The monoisotopic (exact) mass is 260 g/mol. The summed E-state index contributed by atoms with van der Waals surface area (Å²) in [6.45, 7) is 10.6. The molecule has 1 N–H and O–H groups in total. The molecule has 0 spiro atoms. The summed E-state index contributed by atoms with van der Waals surface area (Å²) in [6.07, 6.45) is 0. The number of esters is 1. The van der Waals surface area contributed by atoms with E-state index in [0.29, 0.717) is 19.8 Å². The summed E-state index contributed by atoms with van der Waals surface area (Å²) in [5, 5.41) is 3.27. The highest BCUT2D eigenvalue weighted by molar-refractivity contribution is 5.80. The zero-order valence-corrected chi connectivity index (χ0v) is 12.6. The standard InChI is InChI=1S/C13H28N2O3/c1-7-18-9-8-15(5)10-13(4,12(16)17-6)14-11(2)3/h11,14H,7-10H2,1-6H3. The second-order valence-electron chi connectivity index (χ2n) is 5.06. The van der Waals surface area contributed by atoms with Gasteiger partial charge in [-0.05, 0) is 34.7 Å². The minimum Gasteiger partial charge on any atom is -0.468 e. The number of rotatable bonds is 9. The third-order valence-corrected chi connectivity index (χ3v) is 2.65. The number of nitrogens with one attached hydrogen (secondary N) is 1. The summed E-state index contributed by atoms with van der Waals surface area (Å²) < 4.78 is 10.2. The molecule has 0 aromatic rings. The zero-order valence-electron chi connectivity index (χ0n) is 12.6. The van der Waals surface area contributed by atoms with E-state index in [9.17, 15) is 4.79 Å². The van der Waals surface area contributed by atoms with E-state index < -0.39 is 5.54 Å². The van der Waals surface area contributed by atoms with Gasteiger partial charge >= 0.3 is 5.97 Å². The molecule has 0 aliphatic carbocycles. The van der Waals surface area contributed by atoms with Crippen LogP contribution < -0.4 is 5.32 Å². The lowest BCUT2D eigenvalue weighted by molar-refractivity contribution is -0.149. The molecular formula is C13H28N2O3. The average molecular weight is 260 g/mol. The van der Waals surface area contributed by atoms with E-state index in [-0.39, 0.29) is 12.0 Å². The van der Waals surface area contributed by atoms with E-state index in [4.69, 9.17) is 9.47 Å². The van der Waals surface area contributed by atoms with Crippen LogP contribution in [0.5, 0.6) is 0 Å². The Morgan fingerprint density at radius 2 is 2.06 bits per heavy atom. The minimum atomic E-state index is -0.691. The van der Waals surface area contributed by atoms with Gasteiger partial charge in [0.25, 0.3) is 0 Å². The van der Waals surface area contributed by atoms with Crippen LogP contribution in [0.25, 0.3) is 0 Å². The summed E-state index contributed by atoms with van der Waals surface area (Å²) in [6, 6.07) is 0.217. The summed E-state index contributed by atoms with van der Waals surface area (Å²) in [4.78, 5) is 14.0. The van der Waals surface area contributed by atoms with Crippen molar-refractivity contribution in [3.8, 4) is 0 Å². The average Bonchev–Trinajstić information content (AvgIpc) is 2.26. The van der Waals surface area contributed by atoms with E-state index in [1.807, 2.05) is 34.7 Å². The smallest absolute Gasteiger partial charge is 0.327 e. The van der Waals surface area contributed by atoms with Crippen LogP contribution in [-0.4, -0.2) is 62.9 Å². The third-order valence-electron chi connectivity index (χ3n) is 2.65. The largest absolute Gasteiger partial charge is 0.468 e. The molecule has 1 unspecified atom stereocenters. The van der Waals surface area contributed by atoms with Crippen LogP contribution in [0.15, 0.2) is 0 Å². The molecule has 18 heavy (non-hydrogen) atoms. The number of hydrogen-bond acceptors (Lipinski definition) is 5. The van der Waals surface area contributed by atoms with Gasteiger partial charge in [-0.15, -0.1) is 0 Å². The first-order chi connectivity index (χ1) is 8.35. The molecule has 5 heteroatoms. The molecule has 5 nitrogen and oxygen atoms in total. The Bertz CT molecular complexity index is 246. The number of carbonyl (C=O) groups is 1. The molecule has 0 heterocycles. The molecule has 0 saturated carbocycles. The van der Waals surface area contributed by atoms with Gasteiger partial charge in [-0.2, -0.15) is 0 Å². The van der Waals surface area contributed by atoms with E-state index >= 15 is 0 Å². The fraction of sp³-hybridized carbons (Fsp3) is 0.923. The van der Waals surface area contributed by atoms with Crippen LogP contribution in [0, 0.1) is 0 Å². The van der Waals surface area contributed by atoms with Gasteiger partial charge in [0.1, 0.15) is 5.54 Å². The normalized spacial score (nSPS) is 14.9. The highest BCUT2D eigenvalue weighted by Crippen LogP contribution is 2.10. The highest BCUT2D eigenvalue weighted by Gasteiger charge is 2.35. The van der Waals surface area contributed by atoms with Crippen molar-refractivity contribution in [3.63, 3.8) is 0 Å². The van der Waals surface area contributed by atoms with Crippen LogP contribution in [0.2, 0.25) is 0 Å². The van der Waals surface area contributed by atoms with Gasteiger partial charge < -0.3 is 14.4 Å². The molecule has 1 atom stereocenters.